The largest absolute Gasteiger partial charge is 0.305 e. The van der Waals surface area contributed by atoms with Gasteiger partial charge in [0, 0.05) is 19.1 Å². The molecule has 0 saturated heterocycles. The number of aromatic nitrogens is 2. The minimum absolute atomic E-state index is 0.107. The SMILES string of the molecule is CCc1cc(CN[C@@H](C)c2cccc(F)c2)n(CC)n1. The number of hydrogen-bond acceptors (Lipinski definition) is 2. The molecular weight excluding hydrogens is 253 g/mol. The third kappa shape index (κ3) is 3.45. The zero-order chi connectivity index (χ0) is 14.5. The summed E-state index contributed by atoms with van der Waals surface area (Å²) in [6.07, 6.45) is 0.944. The van der Waals surface area contributed by atoms with Gasteiger partial charge >= 0.3 is 0 Å². The lowest BCUT2D eigenvalue weighted by molar-refractivity contribution is 0.527. The van der Waals surface area contributed by atoms with Gasteiger partial charge in [0.1, 0.15) is 5.82 Å². The van der Waals surface area contributed by atoms with Crippen molar-refractivity contribution in [3.8, 4) is 0 Å². The van der Waals surface area contributed by atoms with E-state index in [1.807, 2.05) is 17.7 Å². The first-order valence-corrected chi connectivity index (χ1v) is 7.18. The second-order valence-electron chi connectivity index (χ2n) is 4.95. The molecule has 0 spiro atoms. The molecule has 1 aromatic carbocycles. The zero-order valence-electron chi connectivity index (χ0n) is 12.4. The molecule has 1 heterocycles. The lowest BCUT2D eigenvalue weighted by Crippen LogP contribution is -2.20. The summed E-state index contributed by atoms with van der Waals surface area (Å²) in [4.78, 5) is 0. The number of halogens is 1. The summed E-state index contributed by atoms with van der Waals surface area (Å²) in [5, 5.41) is 7.96. The normalized spacial score (nSPS) is 12.6. The summed E-state index contributed by atoms with van der Waals surface area (Å²) in [6.45, 7) is 7.84. The van der Waals surface area contributed by atoms with E-state index in [4.69, 9.17) is 0 Å². The third-order valence-electron chi connectivity index (χ3n) is 3.51. The van der Waals surface area contributed by atoms with Gasteiger partial charge in [-0.2, -0.15) is 5.10 Å². The van der Waals surface area contributed by atoms with Crippen LogP contribution >= 0.6 is 0 Å². The quantitative estimate of drug-likeness (QED) is 0.875. The molecule has 1 N–H and O–H groups in total. The van der Waals surface area contributed by atoms with Crippen LogP contribution in [-0.4, -0.2) is 9.78 Å². The summed E-state index contributed by atoms with van der Waals surface area (Å²) in [5.74, 6) is -0.192. The maximum Gasteiger partial charge on any atom is 0.123 e. The lowest BCUT2D eigenvalue weighted by Gasteiger charge is -2.14. The van der Waals surface area contributed by atoms with Crippen molar-refractivity contribution in [2.45, 2.75) is 46.3 Å². The van der Waals surface area contributed by atoms with E-state index in [0.29, 0.717) is 0 Å². The topological polar surface area (TPSA) is 29.9 Å². The first kappa shape index (κ1) is 14.7. The summed E-state index contributed by atoms with van der Waals surface area (Å²) in [7, 11) is 0. The molecule has 1 aromatic heterocycles. The van der Waals surface area contributed by atoms with Crippen LogP contribution in [-0.2, 0) is 19.5 Å². The molecule has 0 aliphatic heterocycles. The van der Waals surface area contributed by atoms with E-state index >= 15 is 0 Å². The molecule has 0 amide bonds. The molecule has 0 unspecified atom stereocenters. The van der Waals surface area contributed by atoms with Crippen LogP contribution in [0.1, 0.15) is 43.8 Å². The third-order valence-corrected chi connectivity index (χ3v) is 3.51. The molecule has 0 aliphatic rings. The number of nitrogens with zero attached hydrogens (tertiary/aromatic N) is 2. The van der Waals surface area contributed by atoms with E-state index < -0.39 is 0 Å². The number of nitrogens with one attached hydrogen (secondary N) is 1. The molecule has 4 heteroatoms. The minimum atomic E-state index is -0.192. The molecule has 0 bridgehead atoms. The van der Waals surface area contributed by atoms with Crippen molar-refractivity contribution in [3.63, 3.8) is 0 Å². The van der Waals surface area contributed by atoms with Gasteiger partial charge in [-0.05, 0) is 44.0 Å². The van der Waals surface area contributed by atoms with E-state index in [-0.39, 0.29) is 11.9 Å². The molecule has 2 rings (SSSR count). The van der Waals surface area contributed by atoms with Crippen molar-refractivity contribution >= 4 is 0 Å². The molecule has 20 heavy (non-hydrogen) atoms. The van der Waals surface area contributed by atoms with Crippen LogP contribution in [0.2, 0.25) is 0 Å². The molecule has 2 aromatic rings. The van der Waals surface area contributed by atoms with Gasteiger partial charge in [0.25, 0.3) is 0 Å². The fourth-order valence-electron chi connectivity index (χ4n) is 2.26. The Morgan fingerprint density at radius 3 is 2.75 bits per heavy atom. The Morgan fingerprint density at radius 1 is 1.30 bits per heavy atom. The van der Waals surface area contributed by atoms with Crippen LogP contribution in [0, 0.1) is 5.82 Å². The molecular formula is C16H22FN3. The predicted octanol–water partition coefficient (Wildman–Crippen LogP) is 3.46. The van der Waals surface area contributed by atoms with E-state index in [0.717, 1.165) is 30.8 Å². The van der Waals surface area contributed by atoms with Crippen LogP contribution in [0.3, 0.4) is 0 Å². The van der Waals surface area contributed by atoms with Crippen molar-refractivity contribution < 1.29 is 4.39 Å². The summed E-state index contributed by atoms with van der Waals surface area (Å²) >= 11 is 0. The van der Waals surface area contributed by atoms with Crippen LogP contribution in [0.5, 0.6) is 0 Å². The van der Waals surface area contributed by atoms with Crippen molar-refractivity contribution in [2.75, 3.05) is 0 Å². The van der Waals surface area contributed by atoms with Crippen LogP contribution < -0.4 is 5.32 Å². The Bertz CT molecular complexity index is 563. The van der Waals surface area contributed by atoms with E-state index in [9.17, 15) is 4.39 Å². The molecule has 0 radical (unpaired) electrons. The van der Waals surface area contributed by atoms with Crippen molar-refractivity contribution in [1.82, 2.24) is 15.1 Å². The second-order valence-corrected chi connectivity index (χ2v) is 4.95. The predicted molar refractivity (Wildman–Crippen MR) is 78.9 cm³/mol. The van der Waals surface area contributed by atoms with Gasteiger partial charge in [0.15, 0.2) is 0 Å². The van der Waals surface area contributed by atoms with E-state index in [1.165, 1.54) is 11.8 Å². The lowest BCUT2D eigenvalue weighted by atomic mass is 10.1. The summed E-state index contributed by atoms with van der Waals surface area (Å²) < 4.78 is 15.2. The highest BCUT2D eigenvalue weighted by molar-refractivity contribution is 5.20. The standard InChI is InChI=1S/C16H22FN3/c1-4-15-10-16(20(5-2)19-15)11-18-12(3)13-7-6-8-14(17)9-13/h6-10,12,18H,4-5,11H2,1-3H3/t12-/m0/s1. The first-order valence-electron chi connectivity index (χ1n) is 7.18. The van der Waals surface area contributed by atoms with Gasteiger partial charge in [-0.3, -0.25) is 4.68 Å². The molecule has 108 valence electrons. The minimum Gasteiger partial charge on any atom is -0.305 e. The zero-order valence-corrected chi connectivity index (χ0v) is 12.4. The number of rotatable bonds is 6. The summed E-state index contributed by atoms with van der Waals surface area (Å²) in [5.41, 5.74) is 3.25. The van der Waals surface area contributed by atoms with Gasteiger partial charge in [-0.25, -0.2) is 4.39 Å². The van der Waals surface area contributed by atoms with Gasteiger partial charge in [-0.15, -0.1) is 0 Å². The Balaban J connectivity index is 2.03. The molecule has 1 atom stereocenters. The summed E-state index contributed by atoms with van der Waals surface area (Å²) in [6, 6.07) is 8.97. The van der Waals surface area contributed by atoms with Crippen LogP contribution in [0.25, 0.3) is 0 Å². The number of hydrogen-bond donors (Lipinski definition) is 1. The molecule has 0 saturated carbocycles. The Hall–Kier alpha value is -1.68. The van der Waals surface area contributed by atoms with Crippen LogP contribution in [0.15, 0.2) is 30.3 Å². The van der Waals surface area contributed by atoms with Crippen molar-refractivity contribution in [3.05, 3.63) is 53.1 Å². The van der Waals surface area contributed by atoms with Gasteiger partial charge in [0.05, 0.1) is 11.4 Å². The Kier molecular flexibility index (Phi) is 4.90. The maximum absolute atomic E-state index is 13.2. The highest BCUT2D eigenvalue weighted by Crippen LogP contribution is 2.14. The fourth-order valence-corrected chi connectivity index (χ4v) is 2.26. The Morgan fingerprint density at radius 2 is 2.10 bits per heavy atom. The maximum atomic E-state index is 13.2. The first-order chi connectivity index (χ1) is 9.63. The molecule has 0 aliphatic carbocycles. The van der Waals surface area contributed by atoms with Gasteiger partial charge in [0.2, 0.25) is 0 Å². The highest BCUT2D eigenvalue weighted by atomic mass is 19.1. The van der Waals surface area contributed by atoms with Gasteiger partial charge in [-0.1, -0.05) is 19.1 Å². The Labute approximate surface area is 119 Å². The van der Waals surface area contributed by atoms with Crippen molar-refractivity contribution in [2.24, 2.45) is 0 Å². The van der Waals surface area contributed by atoms with E-state index in [1.54, 1.807) is 12.1 Å². The van der Waals surface area contributed by atoms with Crippen LogP contribution in [0.4, 0.5) is 4.39 Å². The van der Waals surface area contributed by atoms with E-state index in [2.05, 4.69) is 30.3 Å². The fraction of sp³-hybridized carbons (Fsp3) is 0.438. The van der Waals surface area contributed by atoms with Crippen molar-refractivity contribution in [1.29, 1.82) is 0 Å². The van der Waals surface area contributed by atoms with Gasteiger partial charge < -0.3 is 5.32 Å². The number of aryl methyl sites for hydroxylation is 2. The monoisotopic (exact) mass is 275 g/mol. The average molecular weight is 275 g/mol. The molecule has 0 fully saturated rings. The smallest absolute Gasteiger partial charge is 0.123 e. The number of benzene rings is 1. The molecule has 3 nitrogen and oxygen atoms in total. The second kappa shape index (κ2) is 6.66. The average Bonchev–Trinajstić information content (AvgIpc) is 2.87. The highest BCUT2D eigenvalue weighted by Gasteiger charge is 2.09.